The monoisotopic (exact) mass is 263 g/mol. The van der Waals surface area contributed by atoms with Crippen molar-refractivity contribution in [2.24, 2.45) is 5.92 Å². The summed E-state index contributed by atoms with van der Waals surface area (Å²) in [5.41, 5.74) is 0.642. The number of nitrogens with zero attached hydrogens (tertiary/aromatic N) is 1. The molecular formula is C14H17NO4. The summed E-state index contributed by atoms with van der Waals surface area (Å²) in [6.45, 7) is 3.79. The van der Waals surface area contributed by atoms with Gasteiger partial charge in [0.05, 0.1) is 17.2 Å². The van der Waals surface area contributed by atoms with Crippen LogP contribution < -0.4 is 0 Å². The van der Waals surface area contributed by atoms with Gasteiger partial charge in [-0.2, -0.15) is 0 Å². The van der Waals surface area contributed by atoms with E-state index >= 15 is 0 Å². The fourth-order valence-corrected chi connectivity index (χ4v) is 2.35. The van der Waals surface area contributed by atoms with Crippen LogP contribution in [0.2, 0.25) is 0 Å². The third-order valence-corrected chi connectivity index (χ3v) is 3.21. The molecule has 2 rings (SSSR count). The standard InChI is InChI=1S/C14H17NO4/c1-8(2)7-11(14(18)19)15-12(16)9-5-3-4-6-10(9)13(15)17/h3-6,8,11,14,18-19H,7H2,1-2H3/t11-/m1/s1. The van der Waals surface area contributed by atoms with Crippen molar-refractivity contribution in [3.05, 3.63) is 35.4 Å². The molecule has 1 atom stereocenters. The molecule has 0 spiro atoms. The lowest BCUT2D eigenvalue weighted by Gasteiger charge is -2.28. The van der Waals surface area contributed by atoms with E-state index in [4.69, 9.17) is 0 Å². The van der Waals surface area contributed by atoms with Gasteiger partial charge in [0.2, 0.25) is 0 Å². The van der Waals surface area contributed by atoms with Gasteiger partial charge in [-0.15, -0.1) is 0 Å². The Hall–Kier alpha value is -1.72. The van der Waals surface area contributed by atoms with Gasteiger partial charge in [0, 0.05) is 0 Å². The van der Waals surface area contributed by atoms with E-state index in [1.54, 1.807) is 24.3 Å². The normalized spacial score (nSPS) is 16.4. The molecule has 5 nitrogen and oxygen atoms in total. The predicted octanol–water partition coefficient (Wildman–Crippen LogP) is 1.01. The zero-order valence-electron chi connectivity index (χ0n) is 10.9. The number of amides is 2. The minimum Gasteiger partial charge on any atom is -0.366 e. The molecule has 1 aromatic rings. The molecule has 1 heterocycles. The van der Waals surface area contributed by atoms with Crippen LogP contribution in [0.5, 0.6) is 0 Å². The van der Waals surface area contributed by atoms with Crippen molar-refractivity contribution in [3.63, 3.8) is 0 Å². The van der Waals surface area contributed by atoms with Crippen molar-refractivity contribution in [2.45, 2.75) is 32.6 Å². The highest BCUT2D eigenvalue weighted by Crippen LogP contribution is 2.27. The summed E-state index contributed by atoms with van der Waals surface area (Å²) in [6.07, 6.45) is -1.38. The molecular weight excluding hydrogens is 246 g/mol. The highest BCUT2D eigenvalue weighted by atomic mass is 16.5. The van der Waals surface area contributed by atoms with Gasteiger partial charge >= 0.3 is 0 Å². The first-order chi connectivity index (χ1) is 8.93. The fraction of sp³-hybridized carbons (Fsp3) is 0.429. The number of aliphatic hydroxyl groups excluding tert-OH is 1. The first-order valence-electron chi connectivity index (χ1n) is 6.26. The third-order valence-electron chi connectivity index (χ3n) is 3.21. The van der Waals surface area contributed by atoms with Crippen molar-refractivity contribution in [2.75, 3.05) is 0 Å². The predicted molar refractivity (Wildman–Crippen MR) is 68.4 cm³/mol. The Kier molecular flexibility index (Phi) is 3.68. The molecule has 2 N–H and O–H groups in total. The number of carbonyl (C=O) groups excluding carboxylic acids is 2. The number of benzene rings is 1. The number of hydrogen-bond acceptors (Lipinski definition) is 4. The maximum Gasteiger partial charge on any atom is 0.261 e. The third kappa shape index (κ3) is 2.39. The Labute approximate surface area is 111 Å². The maximum atomic E-state index is 12.2. The summed E-state index contributed by atoms with van der Waals surface area (Å²) in [5.74, 6) is -0.783. The zero-order chi connectivity index (χ0) is 14.2. The van der Waals surface area contributed by atoms with Crippen molar-refractivity contribution < 1.29 is 19.8 Å². The first-order valence-corrected chi connectivity index (χ1v) is 6.26. The molecule has 0 aromatic heterocycles. The van der Waals surface area contributed by atoms with Crippen molar-refractivity contribution in [1.82, 2.24) is 4.90 Å². The van der Waals surface area contributed by atoms with E-state index in [1.165, 1.54) is 0 Å². The van der Waals surface area contributed by atoms with E-state index in [0.717, 1.165) is 4.90 Å². The van der Waals surface area contributed by atoms with Crippen LogP contribution in [0.25, 0.3) is 0 Å². The first kappa shape index (κ1) is 13.7. The Morgan fingerprint density at radius 3 is 1.89 bits per heavy atom. The van der Waals surface area contributed by atoms with E-state index < -0.39 is 24.1 Å². The van der Waals surface area contributed by atoms with Gasteiger partial charge in [0.25, 0.3) is 11.8 Å². The van der Waals surface area contributed by atoms with Crippen LogP contribution >= 0.6 is 0 Å². The van der Waals surface area contributed by atoms with E-state index in [1.807, 2.05) is 13.8 Å². The summed E-state index contributed by atoms with van der Waals surface area (Å²) in [6, 6.07) is 5.60. The van der Waals surface area contributed by atoms with Crippen LogP contribution in [-0.4, -0.2) is 39.3 Å². The van der Waals surface area contributed by atoms with Crippen LogP contribution in [0.4, 0.5) is 0 Å². The van der Waals surface area contributed by atoms with Crippen LogP contribution in [0.3, 0.4) is 0 Å². The quantitative estimate of drug-likeness (QED) is 0.627. The van der Waals surface area contributed by atoms with Crippen LogP contribution in [0, 0.1) is 5.92 Å². The van der Waals surface area contributed by atoms with Gasteiger partial charge in [-0.1, -0.05) is 26.0 Å². The highest BCUT2D eigenvalue weighted by molar-refractivity contribution is 6.21. The van der Waals surface area contributed by atoms with Crippen LogP contribution in [0.15, 0.2) is 24.3 Å². The lowest BCUT2D eigenvalue weighted by atomic mass is 10.0. The molecule has 0 unspecified atom stereocenters. The molecule has 19 heavy (non-hydrogen) atoms. The van der Waals surface area contributed by atoms with E-state index in [9.17, 15) is 19.8 Å². The van der Waals surface area contributed by atoms with Gasteiger partial charge in [0.15, 0.2) is 6.29 Å². The lowest BCUT2D eigenvalue weighted by Crippen LogP contribution is -2.47. The fourth-order valence-electron chi connectivity index (χ4n) is 2.35. The minimum atomic E-state index is -1.73. The maximum absolute atomic E-state index is 12.2. The van der Waals surface area contributed by atoms with Crippen LogP contribution in [0.1, 0.15) is 41.0 Å². The lowest BCUT2D eigenvalue weighted by molar-refractivity contribution is -0.0907. The van der Waals surface area contributed by atoms with E-state index in [-0.39, 0.29) is 5.92 Å². The molecule has 5 heteroatoms. The Morgan fingerprint density at radius 1 is 1.05 bits per heavy atom. The molecule has 0 saturated heterocycles. The molecule has 1 aliphatic heterocycles. The number of aliphatic hydroxyl groups is 2. The second-order valence-corrected chi connectivity index (χ2v) is 5.14. The van der Waals surface area contributed by atoms with E-state index in [2.05, 4.69) is 0 Å². The Bertz CT molecular complexity index is 475. The summed E-state index contributed by atoms with van der Waals surface area (Å²) in [4.78, 5) is 25.4. The largest absolute Gasteiger partial charge is 0.366 e. The van der Waals surface area contributed by atoms with Crippen molar-refractivity contribution >= 4 is 11.8 Å². The van der Waals surface area contributed by atoms with Gasteiger partial charge in [0.1, 0.15) is 0 Å². The molecule has 0 saturated carbocycles. The molecule has 0 radical (unpaired) electrons. The number of fused-ring (bicyclic) bond motifs is 1. The summed E-state index contributed by atoms with van der Waals surface area (Å²) >= 11 is 0. The summed E-state index contributed by atoms with van der Waals surface area (Å²) < 4.78 is 0. The average Bonchev–Trinajstić information content (AvgIpc) is 2.60. The second kappa shape index (κ2) is 5.11. The summed E-state index contributed by atoms with van der Waals surface area (Å²) in [7, 11) is 0. The Balaban J connectivity index is 2.36. The molecule has 102 valence electrons. The van der Waals surface area contributed by atoms with Crippen LogP contribution in [-0.2, 0) is 0 Å². The van der Waals surface area contributed by atoms with Gasteiger partial charge in [-0.25, -0.2) is 0 Å². The number of hydrogen-bond donors (Lipinski definition) is 2. The minimum absolute atomic E-state index is 0.135. The Morgan fingerprint density at radius 2 is 1.53 bits per heavy atom. The number of imide groups is 1. The SMILES string of the molecule is CC(C)C[C@H](C(O)O)N1C(=O)c2ccccc2C1=O. The van der Waals surface area contributed by atoms with Crippen molar-refractivity contribution in [3.8, 4) is 0 Å². The smallest absolute Gasteiger partial charge is 0.261 e. The number of carbonyl (C=O) groups is 2. The highest BCUT2D eigenvalue weighted by Gasteiger charge is 2.42. The van der Waals surface area contributed by atoms with Crippen molar-refractivity contribution in [1.29, 1.82) is 0 Å². The molecule has 1 aliphatic rings. The zero-order valence-corrected chi connectivity index (χ0v) is 10.9. The second-order valence-electron chi connectivity index (χ2n) is 5.14. The average molecular weight is 263 g/mol. The van der Waals surface area contributed by atoms with Gasteiger partial charge in [-0.3, -0.25) is 14.5 Å². The van der Waals surface area contributed by atoms with Gasteiger partial charge in [-0.05, 0) is 24.5 Å². The molecule has 0 aliphatic carbocycles. The van der Waals surface area contributed by atoms with E-state index in [0.29, 0.717) is 17.5 Å². The number of rotatable bonds is 4. The molecule has 2 amide bonds. The molecule has 0 bridgehead atoms. The summed E-state index contributed by atoms with van der Waals surface area (Å²) in [5, 5.41) is 18.9. The van der Waals surface area contributed by atoms with Gasteiger partial charge < -0.3 is 10.2 Å². The molecule has 1 aromatic carbocycles. The topological polar surface area (TPSA) is 77.8 Å². The molecule has 0 fully saturated rings.